The molecular weight excluding hydrogens is 360 g/mol. The van der Waals surface area contributed by atoms with E-state index in [1.165, 1.54) is 0 Å². The molecule has 28 heavy (non-hydrogen) atoms. The molecule has 158 valence electrons. The maximum absolute atomic E-state index is 13.1. The fourth-order valence-electron chi connectivity index (χ4n) is 4.75. The molecule has 0 bridgehead atoms. The van der Waals surface area contributed by atoms with Crippen molar-refractivity contribution < 1.29 is 23.9 Å². The van der Waals surface area contributed by atoms with Crippen LogP contribution in [0.4, 0.5) is 0 Å². The van der Waals surface area contributed by atoms with E-state index < -0.39 is 12.1 Å². The Hall–Kier alpha value is -1.47. The summed E-state index contributed by atoms with van der Waals surface area (Å²) in [6.45, 7) is 5.34. The highest BCUT2D eigenvalue weighted by Gasteiger charge is 2.40. The van der Waals surface area contributed by atoms with Gasteiger partial charge in [-0.15, -0.1) is 0 Å². The standard InChI is InChI=1S/C21H34N2O5/c1-3-17-18(16(24)13-28-17)23-20(26)15(12-21(2)8-4-5-9-21)22-19(25)14-6-10-27-11-7-14/h14-15,17-18H,3-13H2,1-2H3,(H,22,25)(H,23,26)/t15-,17-,18+/m0/s1. The summed E-state index contributed by atoms with van der Waals surface area (Å²) in [6.07, 6.45) is 6.79. The quantitative estimate of drug-likeness (QED) is 0.686. The lowest BCUT2D eigenvalue weighted by molar-refractivity contribution is -0.134. The van der Waals surface area contributed by atoms with Crippen LogP contribution in [0.5, 0.6) is 0 Å². The zero-order chi connectivity index (χ0) is 20.1. The first-order chi connectivity index (χ1) is 13.4. The Morgan fingerprint density at radius 2 is 1.89 bits per heavy atom. The van der Waals surface area contributed by atoms with Gasteiger partial charge < -0.3 is 20.1 Å². The molecule has 2 saturated heterocycles. The Bertz CT molecular complexity index is 581. The minimum Gasteiger partial charge on any atom is -0.381 e. The zero-order valence-corrected chi connectivity index (χ0v) is 17.1. The van der Waals surface area contributed by atoms with Crippen LogP contribution in [0.1, 0.15) is 65.2 Å². The van der Waals surface area contributed by atoms with Crippen molar-refractivity contribution >= 4 is 17.6 Å². The van der Waals surface area contributed by atoms with Crippen LogP contribution in [-0.2, 0) is 23.9 Å². The van der Waals surface area contributed by atoms with Gasteiger partial charge in [0.1, 0.15) is 18.7 Å². The van der Waals surface area contributed by atoms with Gasteiger partial charge >= 0.3 is 0 Å². The average molecular weight is 395 g/mol. The molecule has 3 atom stereocenters. The number of hydrogen-bond donors (Lipinski definition) is 2. The third kappa shape index (κ3) is 5.11. The van der Waals surface area contributed by atoms with Crippen molar-refractivity contribution in [2.45, 2.75) is 83.4 Å². The van der Waals surface area contributed by atoms with Gasteiger partial charge in [-0.2, -0.15) is 0 Å². The minimum absolute atomic E-state index is 0.0419. The van der Waals surface area contributed by atoms with E-state index in [9.17, 15) is 14.4 Å². The van der Waals surface area contributed by atoms with Gasteiger partial charge in [-0.05, 0) is 43.9 Å². The lowest BCUT2D eigenvalue weighted by atomic mass is 9.81. The zero-order valence-electron chi connectivity index (χ0n) is 17.1. The summed E-state index contributed by atoms with van der Waals surface area (Å²) in [4.78, 5) is 38.0. The molecule has 0 aromatic carbocycles. The van der Waals surface area contributed by atoms with Gasteiger partial charge in [-0.25, -0.2) is 0 Å². The van der Waals surface area contributed by atoms with Gasteiger partial charge in [0, 0.05) is 19.1 Å². The molecule has 0 spiro atoms. The summed E-state index contributed by atoms with van der Waals surface area (Å²) < 4.78 is 10.8. The summed E-state index contributed by atoms with van der Waals surface area (Å²) in [5, 5.41) is 5.88. The van der Waals surface area contributed by atoms with E-state index in [2.05, 4.69) is 17.6 Å². The van der Waals surface area contributed by atoms with Crippen molar-refractivity contribution in [3.63, 3.8) is 0 Å². The van der Waals surface area contributed by atoms with Crippen LogP contribution in [0, 0.1) is 11.3 Å². The number of Topliss-reactive ketones (excluding diaryl/α,β-unsaturated/α-hetero) is 1. The molecule has 3 aliphatic rings. The van der Waals surface area contributed by atoms with Crippen LogP contribution in [0.3, 0.4) is 0 Å². The van der Waals surface area contributed by atoms with E-state index in [0.29, 0.717) is 38.9 Å². The van der Waals surface area contributed by atoms with Crippen LogP contribution < -0.4 is 10.6 Å². The molecule has 7 nitrogen and oxygen atoms in total. The number of carbonyl (C=O) groups is 3. The number of ether oxygens (including phenoxy) is 2. The molecule has 0 unspecified atom stereocenters. The Morgan fingerprint density at radius 3 is 2.54 bits per heavy atom. The van der Waals surface area contributed by atoms with Gasteiger partial charge in [-0.3, -0.25) is 14.4 Å². The molecule has 2 amide bonds. The van der Waals surface area contributed by atoms with Crippen molar-refractivity contribution in [2.24, 2.45) is 11.3 Å². The second-order valence-electron chi connectivity index (χ2n) is 8.88. The van der Waals surface area contributed by atoms with Gasteiger partial charge in [0.25, 0.3) is 0 Å². The Labute approximate surface area is 167 Å². The molecule has 7 heteroatoms. The van der Waals surface area contributed by atoms with E-state index in [0.717, 1.165) is 25.7 Å². The molecule has 3 fully saturated rings. The summed E-state index contributed by atoms with van der Waals surface area (Å²) in [5.74, 6) is -0.552. The maximum Gasteiger partial charge on any atom is 0.243 e. The first-order valence-electron chi connectivity index (χ1n) is 10.7. The molecule has 0 aromatic rings. The first-order valence-corrected chi connectivity index (χ1v) is 10.7. The Balaban J connectivity index is 1.68. The number of rotatable bonds is 7. The number of ketones is 1. The van der Waals surface area contributed by atoms with Crippen LogP contribution in [-0.4, -0.2) is 55.6 Å². The fraction of sp³-hybridized carbons (Fsp3) is 0.857. The van der Waals surface area contributed by atoms with Crippen LogP contribution in [0.25, 0.3) is 0 Å². The summed E-state index contributed by atoms with van der Waals surface area (Å²) in [7, 11) is 0. The highest BCUT2D eigenvalue weighted by Crippen LogP contribution is 2.41. The third-order valence-electron chi connectivity index (χ3n) is 6.59. The fourth-order valence-corrected chi connectivity index (χ4v) is 4.75. The molecule has 2 heterocycles. The summed E-state index contributed by atoms with van der Waals surface area (Å²) >= 11 is 0. The van der Waals surface area contributed by atoms with E-state index in [-0.39, 0.29) is 41.6 Å². The molecule has 0 aromatic heterocycles. The predicted molar refractivity (Wildman–Crippen MR) is 104 cm³/mol. The smallest absolute Gasteiger partial charge is 0.243 e. The maximum atomic E-state index is 13.1. The lowest BCUT2D eigenvalue weighted by Crippen LogP contribution is -2.55. The van der Waals surface area contributed by atoms with Crippen molar-refractivity contribution in [1.29, 1.82) is 0 Å². The van der Waals surface area contributed by atoms with Crippen LogP contribution in [0.15, 0.2) is 0 Å². The third-order valence-corrected chi connectivity index (χ3v) is 6.59. The van der Waals surface area contributed by atoms with Crippen molar-refractivity contribution in [2.75, 3.05) is 19.8 Å². The SMILES string of the molecule is CC[C@@H]1OCC(=O)[C@H]1NC(=O)[C@H](CC1(C)CCCC1)NC(=O)C1CCOCC1. The lowest BCUT2D eigenvalue weighted by Gasteiger charge is -2.31. The highest BCUT2D eigenvalue weighted by atomic mass is 16.5. The van der Waals surface area contributed by atoms with Gasteiger partial charge in [-0.1, -0.05) is 26.7 Å². The van der Waals surface area contributed by atoms with Gasteiger partial charge in [0.05, 0.1) is 6.10 Å². The Kier molecular flexibility index (Phi) is 7.10. The largest absolute Gasteiger partial charge is 0.381 e. The summed E-state index contributed by atoms with van der Waals surface area (Å²) in [5.41, 5.74) is 0.0469. The first kappa shape index (κ1) is 21.2. The van der Waals surface area contributed by atoms with Crippen LogP contribution >= 0.6 is 0 Å². The predicted octanol–water partition coefficient (Wildman–Crippen LogP) is 1.73. The number of carbonyl (C=O) groups excluding carboxylic acids is 3. The second-order valence-corrected chi connectivity index (χ2v) is 8.88. The number of amides is 2. The molecule has 1 saturated carbocycles. The minimum atomic E-state index is -0.621. The average Bonchev–Trinajstić information content (AvgIpc) is 3.28. The van der Waals surface area contributed by atoms with E-state index in [4.69, 9.17) is 9.47 Å². The van der Waals surface area contributed by atoms with Crippen molar-refractivity contribution in [1.82, 2.24) is 10.6 Å². The normalized spacial score (nSPS) is 28.9. The van der Waals surface area contributed by atoms with E-state index in [1.807, 2.05) is 6.92 Å². The summed E-state index contributed by atoms with van der Waals surface area (Å²) in [6, 6.07) is -1.24. The number of nitrogens with one attached hydrogen (secondary N) is 2. The van der Waals surface area contributed by atoms with Crippen LogP contribution in [0.2, 0.25) is 0 Å². The molecule has 2 N–H and O–H groups in total. The van der Waals surface area contributed by atoms with E-state index in [1.54, 1.807) is 0 Å². The highest BCUT2D eigenvalue weighted by molar-refractivity contribution is 5.94. The molecule has 3 rings (SSSR count). The van der Waals surface area contributed by atoms with Gasteiger partial charge in [0.2, 0.25) is 11.8 Å². The van der Waals surface area contributed by atoms with E-state index >= 15 is 0 Å². The molecule has 1 aliphatic carbocycles. The second kappa shape index (κ2) is 9.35. The number of hydrogen-bond acceptors (Lipinski definition) is 5. The molecular formula is C21H34N2O5. The topological polar surface area (TPSA) is 93.7 Å². The van der Waals surface area contributed by atoms with Crippen molar-refractivity contribution in [3.05, 3.63) is 0 Å². The molecule has 2 aliphatic heterocycles. The van der Waals surface area contributed by atoms with Crippen molar-refractivity contribution in [3.8, 4) is 0 Å². The molecule has 0 radical (unpaired) electrons. The Morgan fingerprint density at radius 1 is 1.21 bits per heavy atom. The van der Waals surface area contributed by atoms with Gasteiger partial charge in [0.15, 0.2) is 5.78 Å². The monoisotopic (exact) mass is 394 g/mol.